The topological polar surface area (TPSA) is 38.9 Å². The molecule has 0 bridgehead atoms. The normalized spacial score (nSPS) is 8.87. The number of allylic oxidation sites excluding steroid dienone is 2. The second-order valence-corrected chi connectivity index (χ2v) is 3.95. The first-order chi connectivity index (χ1) is 6.20. The molecule has 0 atom stereocenters. The Morgan fingerprint density at radius 1 is 1.67 bits per heavy atom. The summed E-state index contributed by atoms with van der Waals surface area (Å²) in [7, 11) is 0. The maximum absolute atomic E-state index is 5.69. The average Bonchev–Trinajstić information content (AvgIpc) is 2.15. The minimum Gasteiger partial charge on any atom is 2.00 e. The molecule has 5 heteroatoms. The van der Waals surface area contributed by atoms with Crippen molar-refractivity contribution in [2.24, 2.45) is 5.73 Å². The van der Waals surface area contributed by atoms with Gasteiger partial charge in [-0.1, -0.05) is 0 Å². The van der Waals surface area contributed by atoms with Crippen LogP contribution in [0.5, 0.6) is 0 Å². The zero-order valence-electron chi connectivity index (χ0n) is 7.84. The molecule has 0 spiro atoms. The summed E-state index contributed by atoms with van der Waals surface area (Å²) in [4.78, 5) is 3.91. The summed E-state index contributed by atoms with van der Waals surface area (Å²) in [5.41, 5.74) is 6.69. The van der Waals surface area contributed by atoms with Gasteiger partial charge in [0.05, 0.1) is 0 Å². The van der Waals surface area contributed by atoms with Crippen LogP contribution in [0.1, 0.15) is 5.56 Å². The van der Waals surface area contributed by atoms with Gasteiger partial charge in [-0.25, -0.2) is 0 Å². The number of nitrogens with two attached hydrogens (primary N) is 1. The van der Waals surface area contributed by atoms with Crippen molar-refractivity contribution in [3.05, 3.63) is 48.8 Å². The van der Waals surface area contributed by atoms with Crippen LogP contribution in [-0.4, -0.2) is 17.4 Å². The standard InChI is InChI=1S/C10H7N2.B.V.W/c1-9(4-2-6-11)10-5-3-7-12-8-10;;;/h1-3,7-8H,11H2;;;/q-3;;+2;. The molecule has 0 amide bonds. The van der Waals surface area contributed by atoms with Gasteiger partial charge >= 0.3 is 107 Å². The molecule has 0 aliphatic heterocycles. The smallest absolute Gasteiger partial charge is 2.00 e. The molecule has 2 nitrogen and oxygen atoms in total. The van der Waals surface area contributed by atoms with Crippen molar-refractivity contribution in [3.8, 4) is 0 Å². The van der Waals surface area contributed by atoms with E-state index in [-0.39, 0.29) is 27.0 Å². The van der Waals surface area contributed by atoms with Crippen molar-refractivity contribution in [1.82, 2.24) is 4.98 Å². The Balaban J connectivity index is 0. The van der Waals surface area contributed by atoms with E-state index in [1.54, 1.807) is 24.5 Å². The maximum Gasteiger partial charge on any atom is 2.00 e. The maximum atomic E-state index is 5.69. The second kappa shape index (κ2) is 9.05. The molecule has 72 valence electrons. The van der Waals surface area contributed by atoms with E-state index in [1.165, 1.54) is 19.4 Å². The Kier molecular flexibility index (Phi) is 10.4. The molecular formula is C10H7BN2VW-. The molecule has 15 heavy (non-hydrogen) atoms. The molecule has 0 unspecified atom stereocenters. The summed E-state index contributed by atoms with van der Waals surface area (Å²) in [5, 5.41) is 0. The third-order valence-electron chi connectivity index (χ3n) is 1.26. The Morgan fingerprint density at radius 3 is 2.80 bits per heavy atom. The molecule has 1 rings (SSSR count). The van der Waals surface area contributed by atoms with Crippen molar-refractivity contribution in [2.45, 2.75) is 0 Å². The molecule has 0 fully saturated rings. The van der Waals surface area contributed by atoms with Crippen LogP contribution in [0.25, 0.3) is 5.57 Å². The van der Waals surface area contributed by atoms with Gasteiger partial charge in [0, 0.05) is 8.41 Å². The largest absolute Gasteiger partial charge is 2.00 e. The van der Waals surface area contributed by atoms with E-state index in [1.807, 2.05) is 0 Å². The molecule has 0 saturated heterocycles. The van der Waals surface area contributed by atoms with Crippen LogP contribution < -0.4 is 5.73 Å². The first-order valence-electron chi connectivity index (χ1n) is 3.54. The van der Waals surface area contributed by atoms with Crippen LogP contribution in [0.4, 0.5) is 0 Å². The minimum atomic E-state index is 0. The van der Waals surface area contributed by atoms with Gasteiger partial charge in [0.25, 0.3) is 0 Å². The van der Waals surface area contributed by atoms with E-state index in [2.05, 4.69) is 17.1 Å². The molecule has 1 aromatic heterocycles. The first kappa shape index (κ1) is 17.2. The Labute approximate surface area is 115 Å². The fourth-order valence-electron chi connectivity index (χ4n) is 0.699. The third kappa shape index (κ3) is 6.81. The number of rotatable bonds is 3. The summed E-state index contributed by atoms with van der Waals surface area (Å²) in [5.74, 6) is 0. The van der Waals surface area contributed by atoms with Crippen molar-refractivity contribution in [1.29, 1.82) is 0 Å². The number of aromatic nitrogens is 1. The molecule has 0 saturated carbocycles. The average molecular weight is 401 g/mol. The molecule has 1 heterocycles. The monoisotopic (exact) mass is 401 g/mol. The van der Waals surface area contributed by atoms with Crippen molar-refractivity contribution >= 4 is 18.0 Å². The van der Waals surface area contributed by atoms with Gasteiger partial charge in [0.2, 0.25) is 0 Å². The van der Waals surface area contributed by atoms with Crippen LogP contribution in [-0.2, 0) is 37.9 Å². The third-order valence-corrected chi connectivity index (χ3v) is 1.69. The van der Waals surface area contributed by atoms with Crippen LogP contribution in [0.2, 0.25) is 0 Å². The molecular weight excluding hydrogens is 394 g/mol. The number of nitrogens with zero attached hydrogens (tertiary/aromatic N) is 1. The number of hydrogen-bond acceptors (Lipinski definition) is 2. The fraction of sp³-hybridized carbons (Fsp3) is 0. The van der Waals surface area contributed by atoms with Gasteiger partial charge in [0.1, 0.15) is 0 Å². The van der Waals surface area contributed by atoms with Gasteiger partial charge in [0.15, 0.2) is 0 Å². The van der Waals surface area contributed by atoms with E-state index in [0.29, 0.717) is 5.57 Å². The molecule has 1 aromatic rings. The van der Waals surface area contributed by atoms with E-state index >= 15 is 0 Å². The Hall–Kier alpha value is -0.202. The van der Waals surface area contributed by atoms with Gasteiger partial charge in [-0.2, -0.15) is 0 Å². The summed E-state index contributed by atoms with van der Waals surface area (Å²) in [6.07, 6.45) is 7.79. The van der Waals surface area contributed by atoms with Crippen LogP contribution in [0.15, 0.2) is 24.5 Å². The van der Waals surface area contributed by atoms with E-state index < -0.39 is 0 Å². The van der Waals surface area contributed by atoms with Crippen LogP contribution in [0.3, 0.4) is 0 Å². The van der Waals surface area contributed by atoms with Gasteiger partial charge < -0.3 is 0 Å². The molecule has 4 radical (unpaired) electrons. The second-order valence-electron chi connectivity index (χ2n) is 2.26. The number of hydrogen-bond donors (Lipinski definition) is 1. The molecule has 2 N–H and O–H groups in total. The van der Waals surface area contributed by atoms with Crippen LogP contribution >= 0.6 is 0 Å². The molecule has 0 aliphatic rings. The SMILES string of the molecule is [B].[CH-]=C([C-]=C[C](N)=[W])c1[c-]ccnc1.[V+2]. The quantitative estimate of drug-likeness (QED) is 0.451. The zero-order chi connectivity index (χ0) is 9.68. The van der Waals surface area contributed by atoms with Gasteiger partial charge in [-0.3, -0.25) is 0 Å². The molecule has 0 aliphatic carbocycles. The molecule has 0 aromatic carbocycles. The summed E-state index contributed by atoms with van der Waals surface area (Å²) in [6, 6.07) is 4.64. The van der Waals surface area contributed by atoms with E-state index in [9.17, 15) is 0 Å². The van der Waals surface area contributed by atoms with Crippen molar-refractivity contribution in [2.75, 3.05) is 0 Å². The zero-order valence-corrected chi connectivity index (χ0v) is 12.2. The minimum absolute atomic E-state index is 0. The predicted octanol–water partition coefficient (Wildman–Crippen LogP) is 0.310. The summed E-state index contributed by atoms with van der Waals surface area (Å²) >= 11 is 1.20. The van der Waals surface area contributed by atoms with Crippen LogP contribution in [0, 0.1) is 18.7 Å². The number of pyridine rings is 1. The van der Waals surface area contributed by atoms with E-state index in [0.717, 1.165) is 9.59 Å². The van der Waals surface area contributed by atoms with E-state index in [4.69, 9.17) is 12.3 Å². The van der Waals surface area contributed by atoms with Crippen molar-refractivity contribution < 1.29 is 37.9 Å². The van der Waals surface area contributed by atoms with Crippen molar-refractivity contribution in [3.63, 3.8) is 0 Å². The Morgan fingerprint density at radius 2 is 2.33 bits per heavy atom. The van der Waals surface area contributed by atoms with Gasteiger partial charge in [-0.15, -0.1) is 0 Å². The Bertz CT molecular complexity index is 352. The summed E-state index contributed by atoms with van der Waals surface area (Å²) < 4.78 is 0.742. The fourth-order valence-corrected chi connectivity index (χ4v) is 0.911. The summed E-state index contributed by atoms with van der Waals surface area (Å²) in [6.45, 7) is 5.69. The first-order valence-corrected chi connectivity index (χ1v) is 5.00. The predicted molar refractivity (Wildman–Crippen MR) is 53.5 cm³/mol. The van der Waals surface area contributed by atoms with Gasteiger partial charge in [-0.05, 0) is 0 Å².